The van der Waals surface area contributed by atoms with Crippen LogP contribution in [-0.4, -0.2) is 9.13 Å². The minimum absolute atomic E-state index is 0.00774. The van der Waals surface area contributed by atoms with Crippen molar-refractivity contribution in [1.29, 1.82) is 0 Å². The van der Waals surface area contributed by atoms with E-state index in [9.17, 15) is 6.57 Å². The van der Waals surface area contributed by atoms with Crippen molar-refractivity contribution in [3.8, 4) is 67.0 Å². The molecule has 0 bridgehead atoms. The molecule has 0 saturated carbocycles. The second-order valence-corrected chi connectivity index (χ2v) is 22.7. The number of alkyl halides is 3. The number of rotatable bonds is 7. The van der Waals surface area contributed by atoms with Gasteiger partial charge in [-0.25, -0.2) is 4.85 Å². The quantitative estimate of drug-likeness (QED) is 0.141. The SMILES string of the molecule is [C-]#[N+]c1c(-n2c3cc(-c4c(C)cc(C)cc4C)ccc3c3ccc(-c4c(C)cc(C)cc4C)cc32)ccc(-c2ccccc2C(F)(F)F)c1-n1c2cc(-c3c(C)cc(C)cc3C)ccc2c2ccc(-c3c(C)cc(C)cc3C)cc21. The van der Waals surface area contributed by atoms with E-state index in [2.05, 4.69) is 218 Å². The van der Waals surface area contributed by atoms with Crippen LogP contribution in [0.2, 0.25) is 0 Å². The Hall–Kier alpha value is -8.92. The van der Waals surface area contributed by atoms with Crippen molar-refractivity contribution < 1.29 is 13.2 Å². The number of aromatic nitrogens is 2. The molecule has 80 heavy (non-hydrogen) atoms. The highest BCUT2D eigenvalue weighted by Crippen LogP contribution is 2.50. The lowest BCUT2D eigenvalue weighted by molar-refractivity contribution is -0.137. The number of benzene rings is 10. The third-order valence-corrected chi connectivity index (χ3v) is 16.6. The molecule has 0 saturated heterocycles. The molecule has 0 aliphatic rings. The Morgan fingerprint density at radius 2 is 0.662 bits per heavy atom. The average Bonchev–Trinajstić information content (AvgIpc) is 3.91. The van der Waals surface area contributed by atoms with E-state index in [0.717, 1.165) is 150 Å². The smallest absolute Gasteiger partial charge is 0.319 e. The van der Waals surface area contributed by atoms with Crippen molar-refractivity contribution in [3.63, 3.8) is 0 Å². The maximum Gasteiger partial charge on any atom is 0.417 e. The molecular formula is C74H62F3N3. The van der Waals surface area contributed by atoms with Crippen LogP contribution in [0.3, 0.4) is 0 Å². The van der Waals surface area contributed by atoms with E-state index >= 15 is 13.2 Å². The van der Waals surface area contributed by atoms with Gasteiger partial charge in [0.2, 0.25) is 5.69 Å². The van der Waals surface area contributed by atoms with Gasteiger partial charge in [0.05, 0.1) is 45.6 Å². The summed E-state index contributed by atoms with van der Waals surface area (Å²) in [7, 11) is 0. The second-order valence-electron chi connectivity index (χ2n) is 22.7. The summed E-state index contributed by atoms with van der Waals surface area (Å²) in [5.74, 6) is 0. The summed E-state index contributed by atoms with van der Waals surface area (Å²) in [6, 6.07) is 53.4. The topological polar surface area (TPSA) is 14.2 Å². The van der Waals surface area contributed by atoms with Gasteiger partial charge in [-0.2, -0.15) is 13.2 Å². The fraction of sp³-hybridized carbons (Fsp3) is 0.176. The molecular weight excluding hydrogens is 988 g/mol. The molecule has 0 spiro atoms. The Labute approximate surface area is 467 Å². The average molecular weight is 1050 g/mol. The van der Waals surface area contributed by atoms with Crippen LogP contribution in [0.5, 0.6) is 0 Å². The summed E-state index contributed by atoms with van der Waals surface area (Å²) in [4.78, 5) is 4.59. The van der Waals surface area contributed by atoms with E-state index in [1.165, 1.54) is 17.2 Å². The summed E-state index contributed by atoms with van der Waals surface area (Å²) in [5.41, 5.74) is 26.3. The maximum atomic E-state index is 15.7. The Balaban J connectivity index is 1.28. The molecule has 394 valence electrons. The Kier molecular flexibility index (Phi) is 12.4. The van der Waals surface area contributed by atoms with E-state index in [-0.39, 0.29) is 11.3 Å². The monoisotopic (exact) mass is 1050 g/mol. The number of hydrogen-bond donors (Lipinski definition) is 0. The first-order chi connectivity index (χ1) is 38.2. The molecule has 2 aromatic heterocycles. The largest absolute Gasteiger partial charge is 0.417 e. The lowest BCUT2D eigenvalue weighted by atomic mass is 9.92. The van der Waals surface area contributed by atoms with Gasteiger partial charge in [-0.15, -0.1) is 0 Å². The standard InChI is InChI=1S/C74H62F3N3/c1-40-28-44(5)68(45(6)29-40)52-18-22-57-58-23-19-53(69-46(7)30-41(2)31-47(69)8)37-65(58)79(64(57)36-52)63-27-26-61(56-16-14-15-17-62(56)74(75,76)77)73(72(63)78-13)80-66-38-54(70-48(9)32-42(3)33-49(70)10)20-24-59(66)60-25-21-55(39-67(60)80)71-50(11)34-43(4)35-51(71)12/h14-39H,1-12H3. The highest BCUT2D eigenvalue weighted by molar-refractivity contribution is 6.15. The number of halogens is 3. The van der Waals surface area contributed by atoms with Crippen molar-refractivity contribution in [2.45, 2.75) is 89.3 Å². The zero-order valence-electron chi connectivity index (χ0n) is 47.5. The minimum atomic E-state index is -4.70. The van der Waals surface area contributed by atoms with Gasteiger partial charge in [0.25, 0.3) is 0 Å². The molecule has 6 heteroatoms. The molecule has 0 aliphatic heterocycles. The molecule has 3 nitrogen and oxygen atoms in total. The zero-order valence-corrected chi connectivity index (χ0v) is 47.5. The third-order valence-electron chi connectivity index (χ3n) is 16.6. The highest BCUT2D eigenvalue weighted by Gasteiger charge is 2.35. The van der Waals surface area contributed by atoms with Crippen LogP contribution >= 0.6 is 0 Å². The first kappa shape index (κ1) is 51.8. The number of fused-ring (bicyclic) bond motifs is 6. The summed E-state index contributed by atoms with van der Waals surface area (Å²) in [6.45, 7) is 35.2. The molecule has 0 radical (unpaired) electrons. The van der Waals surface area contributed by atoms with Crippen molar-refractivity contribution in [1.82, 2.24) is 9.13 Å². The van der Waals surface area contributed by atoms with Crippen molar-refractivity contribution >= 4 is 49.3 Å². The summed E-state index contributed by atoms with van der Waals surface area (Å²) >= 11 is 0. The predicted molar refractivity (Wildman–Crippen MR) is 330 cm³/mol. The Bertz CT molecular complexity index is 4340. The van der Waals surface area contributed by atoms with Gasteiger partial charge >= 0.3 is 6.18 Å². The molecule has 12 aromatic rings. The molecule has 2 heterocycles. The fourth-order valence-corrected chi connectivity index (χ4v) is 14.0. The van der Waals surface area contributed by atoms with Gasteiger partial charge in [-0.1, -0.05) is 144 Å². The van der Waals surface area contributed by atoms with E-state index in [0.29, 0.717) is 16.9 Å². The summed E-state index contributed by atoms with van der Waals surface area (Å²) in [6.07, 6.45) is -4.70. The summed E-state index contributed by atoms with van der Waals surface area (Å²) in [5, 5.41) is 3.84. The number of hydrogen-bond acceptors (Lipinski definition) is 0. The van der Waals surface area contributed by atoms with E-state index in [4.69, 9.17) is 0 Å². The van der Waals surface area contributed by atoms with Crippen LogP contribution in [0.1, 0.15) is 72.3 Å². The van der Waals surface area contributed by atoms with Crippen LogP contribution in [0.15, 0.2) is 158 Å². The normalized spacial score (nSPS) is 11.9. The molecule has 10 aromatic carbocycles. The van der Waals surface area contributed by atoms with Gasteiger partial charge in [-0.05, 0) is 220 Å². The molecule has 12 rings (SSSR count). The summed E-state index contributed by atoms with van der Waals surface area (Å²) < 4.78 is 51.3. The molecule has 0 amide bonds. The van der Waals surface area contributed by atoms with Gasteiger partial charge in [-0.3, -0.25) is 0 Å². The lowest BCUT2D eigenvalue weighted by Gasteiger charge is -2.22. The van der Waals surface area contributed by atoms with Crippen LogP contribution in [-0.2, 0) is 6.18 Å². The van der Waals surface area contributed by atoms with Crippen molar-refractivity contribution in [2.24, 2.45) is 0 Å². The number of nitrogens with zero attached hydrogens (tertiary/aromatic N) is 3. The van der Waals surface area contributed by atoms with E-state index in [1.54, 1.807) is 12.1 Å². The van der Waals surface area contributed by atoms with Gasteiger partial charge in [0.15, 0.2) is 0 Å². The van der Waals surface area contributed by atoms with Gasteiger partial charge in [0.1, 0.15) is 0 Å². The molecule has 0 atom stereocenters. The number of aryl methyl sites for hydroxylation is 12. The van der Waals surface area contributed by atoms with E-state index < -0.39 is 11.7 Å². The predicted octanol–water partition coefficient (Wildman–Crippen LogP) is 21.5. The van der Waals surface area contributed by atoms with Crippen molar-refractivity contribution in [2.75, 3.05) is 0 Å². The molecule has 0 unspecified atom stereocenters. The van der Waals surface area contributed by atoms with Crippen molar-refractivity contribution in [3.05, 3.63) is 241 Å². The van der Waals surface area contributed by atoms with E-state index in [1.807, 2.05) is 12.1 Å². The van der Waals surface area contributed by atoms with Crippen LogP contribution in [0.25, 0.3) is 115 Å². The minimum Gasteiger partial charge on any atom is -0.319 e. The Morgan fingerprint density at radius 1 is 0.350 bits per heavy atom. The highest BCUT2D eigenvalue weighted by atomic mass is 19.4. The van der Waals surface area contributed by atoms with Gasteiger partial charge in [0, 0.05) is 21.5 Å². The first-order valence-corrected chi connectivity index (χ1v) is 27.4. The Morgan fingerprint density at radius 3 is 0.975 bits per heavy atom. The zero-order chi connectivity index (χ0) is 56.4. The van der Waals surface area contributed by atoms with Gasteiger partial charge < -0.3 is 9.13 Å². The van der Waals surface area contributed by atoms with Crippen LogP contribution in [0, 0.1) is 89.7 Å². The van der Waals surface area contributed by atoms with Crippen LogP contribution < -0.4 is 0 Å². The maximum absolute atomic E-state index is 15.7. The molecule has 0 aliphatic carbocycles. The van der Waals surface area contributed by atoms with Crippen LogP contribution in [0.4, 0.5) is 18.9 Å². The fourth-order valence-electron chi connectivity index (χ4n) is 14.0. The molecule has 0 fully saturated rings. The lowest BCUT2D eigenvalue weighted by Crippen LogP contribution is -2.09. The first-order valence-electron chi connectivity index (χ1n) is 27.4. The molecule has 0 N–H and O–H groups in total. The third kappa shape index (κ3) is 8.41. The second kappa shape index (κ2) is 19.2.